The van der Waals surface area contributed by atoms with Crippen molar-refractivity contribution in [2.24, 2.45) is 11.8 Å². The predicted octanol–water partition coefficient (Wildman–Crippen LogP) is 4.10. The number of aromatic nitrogens is 1. The first-order valence-corrected chi connectivity index (χ1v) is 10.9. The van der Waals surface area contributed by atoms with Crippen molar-refractivity contribution in [3.63, 3.8) is 0 Å². The summed E-state index contributed by atoms with van der Waals surface area (Å²) in [5, 5.41) is 7.12. The van der Waals surface area contributed by atoms with E-state index in [-0.39, 0.29) is 6.10 Å². The Balaban J connectivity index is 0.000000383. The van der Waals surface area contributed by atoms with E-state index in [0.717, 1.165) is 44.5 Å². The van der Waals surface area contributed by atoms with Crippen LogP contribution in [0.4, 0.5) is 13.2 Å². The molecule has 1 aromatic heterocycles. The Labute approximate surface area is 190 Å². The van der Waals surface area contributed by atoms with Crippen molar-refractivity contribution in [2.75, 3.05) is 13.1 Å². The van der Waals surface area contributed by atoms with E-state index in [4.69, 9.17) is 14.6 Å². The molecule has 6 nitrogen and oxygen atoms in total. The van der Waals surface area contributed by atoms with Crippen LogP contribution in [-0.4, -0.2) is 52.2 Å². The molecule has 0 spiro atoms. The third-order valence-electron chi connectivity index (χ3n) is 5.66. The number of carboxylic acids is 1. The van der Waals surface area contributed by atoms with Crippen LogP contribution in [0.5, 0.6) is 0 Å². The molecule has 1 saturated heterocycles. The summed E-state index contributed by atoms with van der Waals surface area (Å²) < 4.78 is 38.0. The summed E-state index contributed by atoms with van der Waals surface area (Å²) in [6.45, 7) is 2.15. The summed E-state index contributed by atoms with van der Waals surface area (Å²) in [5.74, 6) is -1.78. The van der Waals surface area contributed by atoms with E-state index in [0.29, 0.717) is 24.3 Å². The van der Waals surface area contributed by atoms with Crippen LogP contribution >= 0.6 is 0 Å². The third-order valence-corrected chi connectivity index (χ3v) is 5.66. The van der Waals surface area contributed by atoms with Gasteiger partial charge in [-0.1, -0.05) is 36.4 Å². The number of ether oxygens (including phenoxy) is 1. The SMILES string of the molecule is O=C(C1CC1)N1CC[C@@H](OCc2ccccn2)[C@@H](Cc2ccccc2)C1.O=C(O)C(F)(F)F. The lowest BCUT2D eigenvalue weighted by Crippen LogP contribution is -2.48. The largest absolute Gasteiger partial charge is 0.490 e. The average Bonchev–Trinajstić information content (AvgIpc) is 3.64. The second-order valence-corrected chi connectivity index (χ2v) is 8.27. The van der Waals surface area contributed by atoms with E-state index < -0.39 is 12.1 Å². The van der Waals surface area contributed by atoms with Crippen molar-refractivity contribution in [3.8, 4) is 0 Å². The molecule has 1 aromatic carbocycles. The number of carbonyl (C=O) groups excluding carboxylic acids is 1. The van der Waals surface area contributed by atoms with Crippen LogP contribution in [0.25, 0.3) is 0 Å². The molecule has 33 heavy (non-hydrogen) atoms. The van der Waals surface area contributed by atoms with Crippen molar-refractivity contribution in [1.29, 1.82) is 0 Å². The number of nitrogens with zero attached hydrogens (tertiary/aromatic N) is 2. The van der Waals surface area contributed by atoms with Crippen LogP contribution in [0.2, 0.25) is 0 Å². The van der Waals surface area contributed by atoms with Gasteiger partial charge in [-0.3, -0.25) is 9.78 Å². The molecule has 2 atom stereocenters. The summed E-state index contributed by atoms with van der Waals surface area (Å²) in [4.78, 5) is 27.8. The maximum atomic E-state index is 12.5. The zero-order valence-corrected chi connectivity index (χ0v) is 18.1. The van der Waals surface area contributed by atoms with Gasteiger partial charge in [-0.25, -0.2) is 4.79 Å². The van der Waals surface area contributed by atoms with Crippen molar-refractivity contribution < 1.29 is 32.6 Å². The average molecular weight is 464 g/mol. The Morgan fingerprint density at radius 2 is 1.73 bits per heavy atom. The smallest absolute Gasteiger partial charge is 0.475 e. The van der Waals surface area contributed by atoms with Crippen LogP contribution < -0.4 is 0 Å². The van der Waals surface area contributed by atoms with Crippen LogP contribution in [-0.2, 0) is 27.4 Å². The molecule has 1 aliphatic heterocycles. The predicted molar refractivity (Wildman–Crippen MR) is 114 cm³/mol. The Morgan fingerprint density at radius 3 is 2.30 bits per heavy atom. The maximum absolute atomic E-state index is 12.5. The van der Waals surface area contributed by atoms with E-state index in [1.807, 2.05) is 24.3 Å². The molecule has 0 bridgehead atoms. The molecule has 9 heteroatoms. The fourth-order valence-corrected chi connectivity index (χ4v) is 3.81. The number of pyridine rings is 1. The highest BCUT2D eigenvalue weighted by Crippen LogP contribution is 2.33. The number of piperidine rings is 1. The number of alkyl halides is 3. The molecule has 1 N–H and O–H groups in total. The molecule has 178 valence electrons. The quantitative estimate of drug-likeness (QED) is 0.696. The van der Waals surface area contributed by atoms with Crippen LogP contribution in [0, 0.1) is 11.8 Å². The highest BCUT2D eigenvalue weighted by Gasteiger charge is 2.39. The van der Waals surface area contributed by atoms with Gasteiger partial charge in [0.1, 0.15) is 0 Å². The lowest BCUT2D eigenvalue weighted by molar-refractivity contribution is -0.192. The molecule has 2 heterocycles. The third kappa shape index (κ3) is 7.85. The monoisotopic (exact) mass is 464 g/mol. The zero-order chi connectivity index (χ0) is 23.8. The molecule has 1 amide bonds. The lowest BCUT2D eigenvalue weighted by atomic mass is 9.88. The highest BCUT2D eigenvalue weighted by molar-refractivity contribution is 5.81. The number of rotatable bonds is 6. The first-order chi connectivity index (χ1) is 15.7. The standard InChI is InChI=1S/C22H26N2O2.C2HF3O2/c25-22(18-9-10-18)24-13-11-21(26-16-20-8-4-5-12-23-20)19(15-24)14-17-6-2-1-3-7-17;3-2(4,5)1(6)7/h1-8,12,18-19,21H,9-11,13-16H2;(H,6,7)/t19-,21+;/m0./s1. The van der Waals surface area contributed by atoms with Gasteiger partial charge in [-0.2, -0.15) is 13.2 Å². The van der Waals surface area contributed by atoms with Gasteiger partial charge >= 0.3 is 12.1 Å². The minimum Gasteiger partial charge on any atom is -0.475 e. The maximum Gasteiger partial charge on any atom is 0.490 e. The van der Waals surface area contributed by atoms with Gasteiger partial charge in [-0.15, -0.1) is 0 Å². The highest BCUT2D eigenvalue weighted by atomic mass is 19.4. The van der Waals surface area contributed by atoms with Crippen molar-refractivity contribution in [2.45, 2.75) is 44.6 Å². The van der Waals surface area contributed by atoms with E-state index in [1.165, 1.54) is 5.56 Å². The number of amides is 1. The van der Waals surface area contributed by atoms with E-state index in [1.54, 1.807) is 6.20 Å². The Morgan fingerprint density at radius 1 is 1.06 bits per heavy atom. The number of aliphatic carboxylic acids is 1. The van der Waals surface area contributed by atoms with Crippen LogP contribution in [0.1, 0.15) is 30.5 Å². The number of hydrogen-bond donors (Lipinski definition) is 1. The number of likely N-dealkylation sites (tertiary alicyclic amines) is 1. The molecule has 4 rings (SSSR count). The van der Waals surface area contributed by atoms with Gasteiger partial charge < -0.3 is 14.7 Å². The lowest BCUT2D eigenvalue weighted by Gasteiger charge is -2.38. The molecule has 0 radical (unpaired) electrons. The van der Waals surface area contributed by atoms with Crippen molar-refractivity contribution in [3.05, 3.63) is 66.0 Å². The number of carbonyl (C=O) groups is 2. The van der Waals surface area contributed by atoms with Gasteiger partial charge in [0.05, 0.1) is 18.4 Å². The summed E-state index contributed by atoms with van der Waals surface area (Å²) >= 11 is 0. The van der Waals surface area contributed by atoms with Crippen LogP contribution in [0.15, 0.2) is 54.7 Å². The normalized spacial score (nSPS) is 20.5. The number of benzene rings is 1. The minimum atomic E-state index is -5.08. The second-order valence-electron chi connectivity index (χ2n) is 8.27. The Bertz CT molecular complexity index is 905. The molecule has 0 unspecified atom stereocenters. The number of carboxylic acid groups (broad SMARTS) is 1. The fourth-order valence-electron chi connectivity index (χ4n) is 3.81. The van der Waals surface area contributed by atoms with Gasteiger partial charge in [0, 0.05) is 31.1 Å². The number of halogens is 3. The first-order valence-electron chi connectivity index (χ1n) is 10.9. The molecule has 2 fully saturated rings. The van der Waals surface area contributed by atoms with Gasteiger partial charge in [-0.05, 0) is 43.4 Å². The topological polar surface area (TPSA) is 79.7 Å². The molecule has 2 aromatic rings. The summed E-state index contributed by atoms with van der Waals surface area (Å²) in [6.07, 6.45) is 0.874. The minimum absolute atomic E-state index is 0.167. The Hall–Kier alpha value is -2.94. The zero-order valence-electron chi connectivity index (χ0n) is 18.1. The van der Waals surface area contributed by atoms with Crippen molar-refractivity contribution in [1.82, 2.24) is 9.88 Å². The first kappa shape index (κ1) is 24.7. The molecule has 1 aliphatic carbocycles. The van der Waals surface area contributed by atoms with Gasteiger partial charge in [0.25, 0.3) is 0 Å². The Kier molecular flexibility index (Phi) is 8.43. The van der Waals surface area contributed by atoms with E-state index >= 15 is 0 Å². The van der Waals surface area contributed by atoms with Crippen LogP contribution in [0.3, 0.4) is 0 Å². The molecule has 2 aliphatic rings. The molecular weight excluding hydrogens is 437 g/mol. The van der Waals surface area contributed by atoms with Gasteiger partial charge in [0.15, 0.2) is 0 Å². The number of hydrogen-bond acceptors (Lipinski definition) is 4. The fraction of sp³-hybridized carbons (Fsp3) is 0.458. The second kappa shape index (κ2) is 11.3. The summed E-state index contributed by atoms with van der Waals surface area (Å²) in [7, 11) is 0. The molecule has 1 saturated carbocycles. The van der Waals surface area contributed by atoms with E-state index in [9.17, 15) is 18.0 Å². The summed E-state index contributed by atoms with van der Waals surface area (Å²) in [5.41, 5.74) is 2.27. The van der Waals surface area contributed by atoms with Crippen molar-refractivity contribution >= 4 is 11.9 Å². The van der Waals surface area contributed by atoms with Gasteiger partial charge in [0.2, 0.25) is 5.91 Å². The van der Waals surface area contributed by atoms with E-state index in [2.05, 4.69) is 34.1 Å². The molecular formula is C24H27F3N2O4. The summed E-state index contributed by atoms with van der Waals surface area (Å²) in [6, 6.07) is 16.4.